The lowest BCUT2D eigenvalue weighted by atomic mass is 10.1. The van der Waals surface area contributed by atoms with Crippen molar-refractivity contribution in [1.29, 1.82) is 0 Å². The number of hydrogen-bond acceptors (Lipinski definition) is 5. The van der Waals surface area contributed by atoms with Crippen LogP contribution in [0.15, 0.2) is 12.7 Å². The van der Waals surface area contributed by atoms with Gasteiger partial charge in [-0.1, -0.05) is 12.7 Å². The average Bonchev–Trinajstić information content (AvgIpc) is 2.11. The van der Waals surface area contributed by atoms with Gasteiger partial charge in [-0.25, -0.2) is 18.0 Å². The van der Waals surface area contributed by atoms with E-state index >= 15 is 0 Å². The van der Waals surface area contributed by atoms with Crippen LogP contribution in [-0.2, 0) is 19.4 Å². The van der Waals surface area contributed by atoms with Crippen molar-refractivity contribution >= 4 is 21.9 Å². The summed E-state index contributed by atoms with van der Waals surface area (Å²) in [6.07, 6.45) is 0.335. The first kappa shape index (κ1) is 12.5. The van der Waals surface area contributed by atoms with Gasteiger partial charge in [0, 0.05) is 0 Å². The lowest BCUT2D eigenvalue weighted by molar-refractivity contribution is -0.143. The Morgan fingerprint density at radius 3 is 2.44 bits per heavy atom. The van der Waals surface area contributed by atoms with Gasteiger partial charge in [0.1, 0.15) is 6.61 Å². The number of ether oxygens (including phenoxy) is 1. The lowest BCUT2D eigenvalue weighted by Gasteiger charge is -2.36. The van der Waals surface area contributed by atoms with E-state index in [4.69, 9.17) is 5.11 Å². The van der Waals surface area contributed by atoms with Gasteiger partial charge in [-0.2, -0.15) is 0 Å². The molecule has 1 amide bonds. The third kappa shape index (κ3) is 2.51. The molecular formula is C8H11NO6S. The van der Waals surface area contributed by atoms with E-state index in [1.165, 1.54) is 6.08 Å². The average molecular weight is 249 g/mol. The fourth-order valence-corrected chi connectivity index (χ4v) is 3.13. The fraction of sp³-hybridized carbons (Fsp3) is 0.500. The van der Waals surface area contributed by atoms with Crippen LogP contribution in [0.25, 0.3) is 0 Å². The monoisotopic (exact) mass is 249 g/mol. The van der Waals surface area contributed by atoms with Crippen LogP contribution in [0.3, 0.4) is 0 Å². The molecule has 16 heavy (non-hydrogen) atoms. The van der Waals surface area contributed by atoms with E-state index in [-0.39, 0.29) is 6.61 Å². The van der Waals surface area contributed by atoms with Crippen LogP contribution in [0.2, 0.25) is 0 Å². The first-order chi connectivity index (χ1) is 7.31. The molecular weight excluding hydrogens is 238 g/mol. The van der Waals surface area contributed by atoms with Gasteiger partial charge in [0.2, 0.25) is 0 Å². The maximum Gasteiger partial charge on any atom is 0.408 e. The molecule has 1 aliphatic rings. The molecule has 0 atom stereocenters. The van der Waals surface area contributed by atoms with Gasteiger partial charge in [-0.3, -0.25) is 0 Å². The Morgan fingerprint density at radius 2 is 2.06 bits per heavy atom. The van der Waals surface area contributed by atoms with Crippen LogP contribution >= 0.6 is 0 Å². The third-order valence-electron chi connectivity index (χ3n) is 2.02. The second-order valence-corrected chi connectivity index (χ2v) is 5.50. The zero-order chi connectivity index (χ0) is 12.4. The summed E-state index contributed by atoms with van der Waals surface area (Å²) in [5.41, 5.74) is -1.75. The topological polar surface area (TPSA) is 110 Å². The van der Waals surface area contributed by atoms with Crippen molar-refractivity contribution in [3.05, 3.63) is 12.7 Å². The second-order valence-electron chi connectivity index (χ2n) is 3.43. The first-order valence-electron chi connectivity index (χ1n) is 4.31. The molecule has 0 spiro atoms. The fourth-order valence-electron chi connectivity index (χ4n) is 1.32. The highest BCUT2D eigenvalue weighted by atomic mass is 32.2. The molecule has 0 unspecified atom stereocenters. The quantitative estimate of drug-likeness (QED) is 0.628. The molecule has 1 fully saturated rings. The van der Waals surface area contributed by atoms with Crippen LogP contribution < -0.4 is 5.32 Å². The van der Waals surface area contributed by atoms with Crippen LogP contribution in [0.5, 0.6) is 0 Å². The maximum absolute atomic E-state index is 11.1. The molecule has 1 heterocycles. The van der Waals surface area contributed by atoms with Crippen molar-refractivity contribution in [1.82, 2.24) is 5.32 Å². The molecule has 0 radical (unpaired) electrons. The summed E-state index contributed by atoms with van der Waals surface area (Å²) < 4.78 is 26.4. The van der Waals surface area contributed by atoms with E-state index in [2.05, 4.69) is 11.3 Å². The summed E-state index contributed by atoms with van der Waals surface area (Å²) in [6, 6.07) is 0. The number of carbonyl (C=O) groups excluding carboxylic acids is 1. The van der Waals surface area contributed by atoms with Gasteiger partial charge in [-0.15, -0.1) is 0 Å². The zero-order valence-electron chi connectivity index (χ0n) is 8.30. The molecule has 8 heteroatoms. The number of carboxylic acids is 1. The Morgan fingerprint density at radius 1 is 1.50 bits per heavy atom. The van der Waals surface area contributed by atoms with Crippen LogP contribution in [0.1, 0.15) is 0 Å². The molecule has 1 aliphatic heterocycles. The number of nitrogens with one attached hydrogen (secondary N) is 1. The number of amides is 1. The molecule has 7 nitrogen and oxygen atoms in total. The summed E-state index contributed by atoms with van der Waals surface area (Å²) in [4.78, 5) is 21.9. The summed E-state index contributed by atoms with van der Waals surface area (Å²) in [5.74, 6) is -2.62. The smallest absolute Gasteiger partial charge is 0.408 e. The van der Waals surface area contributed by atoms with Crippen molar-refractivity contribution in [3.63, 3.8) is 0 Å². The molecule has 2 N–H and O–H groups in total. The molecule has 0 aromatic carbocycles. The Hall–Kier alpha value is -1.57. The van der Waals surface area contributed by atoms with Gasteiger partial charge in [-0.05, 0) is 0 Å². The van der Waals surface area contributed by atoms with E-state index in [1.54, 1.807) is 0 Å². The number of carbonyl (C=O) groups is 2. The minimum absolute atomic E-state index is 0.0751. The van der Waals surface area contributed by atoms with Crippen LogP contribution in [0, 0.1) is 0 Å². The third-order valence-corrected chi connectivity index (χ3v) is 3.88. The van der Waals surface area contributed by atoms with Gasteiger partial charge in [0.05, 0.1) is 11.5 Å². The minimum atomic E-state index is -3.37. The minimum Gasteiger partial charge on any atom is -0.479 e. The summed E-state index contributed by atoms with van der Waals surface area (Å²) in [5, 5.41) is 10.9. The Bertz CT molecular complexity index is 414. The maximum atomic E-state index is 11.1. The lowest BCUT2D eigenvalue weighted by Crippen LogP contribution is -2.70. The molecule has 1 saturated heterocycles. The van der Waals surface area contributed by atoms with Crippen molar-refractivity contribution in [2.45, 2.75) is 5.54 Å². The molecule has 0 aliphatic carbocycles. The predicted molar refractivity (Wildman–Crippen MR) is 53.7 cm³/mol. The normalized spacial score (nSPS) is 20.2. The molecule has 90 valence electrons. The van der Waals surface area contributed by atoms with Crippen molar-refractivity contribution in [2.75, 3.05) is 18.1 Å². The van der Waals surface area contributed by atoms with E-state index in [0.717, 1.165) is 0 Å². The molecule has 0 aromatic rings. The Kier molecular flexibility index (Phi) is 3.22. The van der Waals surface area contributed by atoms with Gasteiger partial charge in [0.25, 0.3) is 0 Å². The van der Waals surface area contributed by atoms with Gasteiger partial charge < -0.3 is 15.2 Å². The SMILES string of the molecule is C=CCOC(=O)NC1(C(=O)O)CS(=O)(=O)C1. The van der Waals surface area contributed by atoms with Crippen molar-refractivity contribution < 1.29 is 27.9 Å². The summed E-state index contributed by atoms with van der Waals surface area (Å²) in [7, 11) is -3.37. The van der Waals surface area contributed by atoms with E-state index in [1.807, 2.05) is 5.32 Å². The van der Waals surface area contributed by atoms with Crippen LogP contribution in [-0.4, -0.2) is 49.2 Å². The number of rotatable bonds is 4. The number of aliphatic carboxylic acids is 1. The zero-order valence-corrected chi connectivity index (χ0v) is 9.12. The molecule has 0 saturated carbocycles. The number of alkyl carbamates (subject to hydrolysis) is 1. The van der Waals surface area contributed by atoms with Gasteiger partial charge >= 0.3 is 12.1 Å². The standard InChI is InChI=1S/C8H11NO6S/c1-2-3-15-7(12)9-8(6(10)11)4-16(13,14)5-8/h2H,1,3-5H2,(H,9,12)(H,10,11). The predicted octanol–water partition coefficient (Wildman–Crippen LogP) is -0.850. The number of sulfone groups is 1. The Labute approximate surface area is 92.0 Å². The highest BCUT2D eigenvalue weighted by molar-refractivity contribution is 7.93. The highest BCUT2D eigenvalue weighted by Crippen LogP contribution is 2.24. The molecule has 0 aromatic heterocycles. The molecule has 0 bridgehead atoms. The van der Waals surface area contributed by atoms with E-state index in [9.17, 15) is 18.0 Å². The number of carboxylic acid groups (broad SMARTS) is 1. The molecule has 1 rings (SSSR count). The summed E-state index contributed by atoms with van der Waals surface area (Å²) in [6.45, 7) is 3.23. The highest BCUT2D eigenvalue weighted by Gasteiger charge is 2.56. The van der Waals surface area contributed by atoms with Crippen molar-refractivity contribution in [2.24, 2.45) is 0 Å². The number of hydrogen-bond donors (Lipinski definition) is 2. The van der Waals surface area contributed by atoms with Crippen molar-refractivity contribution in [3.8, 4) is 0 Å². The largest absolute Gasteiger partial charge is 0.479 e. The van der Waals surface area contributed by atoms with E-state index < -0.39 is 38.9 Å². The Balaban J connectivity index is 2.65. The first-order valence-corrected chi connectivity index (χ1v) is 6.13. The van der Waals surface area contributed by atoms with Gasteiger partial charge in [0.15, 0.2) is 15.4 Å². The second kappa shape index (κ2) is 4.12. The summed E-state index contributed by atoms with van der Waals surface area (Å²) >= 11 is 0. The van der Waals surface area contributed by atoms with E-state index in [0.29, 0.717) is 0 Å². The van der Waals surface area contributed by atoms with Crippen LogP contribution in [0.4, 0.5) is 4.79 Å².